The number of methoxy groups -OCH3 is 1. The summed E-state index contributed by atoms with van der Waals surface area (Å²) in [6, 6.07) is 4.71. The average Bonchev–Trinajstić information content (AvgIpc) is 2.57. The van der Waals surface area contributed by atoms with E-state index in [0.29, 0.717) is 5.75 Å². The van der Waals surface area contributed by atoms with Gasteiger partial charge in [0.2, 0.25) is 0 Å². The molecule has 3 nitrogen and oxygen atoms in total. The molecule has 1 aromatic rings. The number of nitrogens with zero attached hydrogens (tertiary/aromatic N) is 1. The van der Waals surface area contributed by atoms with Gasteiger partial charge in [0.05, 0.1) is 12.8 Å². The minimum atomic E-state index is -0.256. The van der Waals surface area contributed by atoms with Gasteiger partial charge in [-0.25, -0.2) is 4.39 Å². The van der Waals surface area contributed by atoms with Crippen LogP contribution in [0.2, 0.25) is 0 Å². The molecule has 0 saturated carbocycles. The molecule has 0 unspecified atom stereocenters. The zero-order chi connectivity index (χ0) is 11.4. The van der Waals surface area contributed by atoms with Crippen LogP contribution in [-0.2, 0) is 0 Å². The Balaban J connectivity index is 2.23. The average molecular weight is 224 g/mol. The monoisotopic (exact) mass is 224 g/mol. The molecule has 0 atom stereocenters. The topological polar surface area (TPSA) is 24.5 Å². The Morgan fingerprint density at radius 1 is 1.31 bits per heavy atom. The van der Waals surface area contributed by atoms with Crippen LogP contribution in [0.15, 0.2) is 18.2 Å². The molecule has 1 aromatic carbocycles. The molecular weight excluding hydrogens is 207 g/mol. The van der Waals surface area contributed by atoms with Gasteiger partial charge in [-0.1, -0.05) is 0 Å². The highest BCUT2D eigenvalue weighted by molar-refractivity contribution is 5.58. The molecule has 0 radical (unpaired) electrons. The van der Waals surface area contributed by atoms with Crippen LogP contribution in [0.5, 0.6) is 5.75 Å². The first-order valence-electron chi connectivity index (χ1n) is 5.60. The van der Waals surface area contributed by atoms with Crippen molar-refractivity contribution in [1.82, 2.24) is 5.32 Å². The van der Waals surface area contributed by atoms with Crippen molar-refractivity contribution in [3.8, 4) is 5.75 Å². The molecule has 4 heteroatoms. The molecule has 1 heterocycles. The lowest BCUT2D eigenvalue weighted by atomic mass is 10.2. The molecule has 0 aliphatic carbocycles. The molecule has 1 aliphatic heterocycles. The maximum Gasteiger partial charge on any atom is 0.145 e. The van der Waals surface area contributed by atoms with Crippen molar-refractivity contribution >= 4 is 5.69 Å². The molecule has 2 rings (SSSR count). The predicted octanol–water partition coefficient (Wildman–Crippen LogP) is 1.63. The quantitative estimate of drug-likeness (QED) is 0.826. The maximum atomic E-state index is 13.1. The largest absolute Gasteiger partial charge is 0.494 e. The summed E-state index contributed by atoms with van der Waals surface area (Å²) in [5.41, 5.74) is 0.979. The molecule has 1 saturated heterocycles. The van der Waals surface area contributed by atoms with Gasteiger partial charge in [-0.15, -0.1) is 0 Å². The Bertz CT molecular complexity index is 349. The standard InChI is InChI=1S/C12H17FN2O/c1-16-12-9-10(13)3-4-11(12)15-7-2-5-14-6-8-15/h3-4,9,14H,2,5-8H2,1H3. The third-order valence-electron chi connectivity index (χ3n) is 2.82. The third kappa shape index (κ3) is 2.44. The number of benzene rings is 1. The lowest BCUT2D eigenvalue weighted by molar-refractivity contribution is 0.411. The van der Waals surface area contributed by atoms with Crippen molar-refractivity contribution < 1.29 is 9.13 Å². The van der Waals surface area contributed by atoms with Gasteiger partial charge < -0.3 is 15.0 Å². The van der Waals surface area contributed by atoms with Gasteiger partial charge in [0.1, 0.15) is 11.6 Å². The van der Waals surface area contributed by atoms with Crippen molar-refractivity contribution in [2.24, 2.45) is 0 Å². The van der Waals surface area contributed by atoms with Crippen LogP contribution in [0, 0.1) is 5.82 Å². The fourth-order valence-corrected chi connectivity index (χ4v) is 2.00. The van der Waals surface area contributed by atoms with E-state index < -0.39 is 0 Å². The van der Waals surface area contributed by atoms with E-state index in [2.05, 4.69) is 10.2 Å². The van der Waals surface area contributed by atoms with E-state index in [1.165, 1.54) is 12.1 Å². The summed E-state index contributed by atoms with van der Waals surface area (Å²) < 4.78 is 18.3. The van der Waals surface area contributed by atoms with Gasteiger partial charge in [-0.05, 0) is 25.1 Å². The fourth-order valence-electron chi connectivity index (χ4n) is 2.00. The Morgan fingerprint density at radius 2 is 2.19 bits per heavy atom. The number of rotatable bonds is 2. The lowest BCUT2D eigenvalue weighted by Crippen LogP contribution is -2.28. The zero-order valence-electron chi connectivity index (χ0n) is 9.50. The summed E-state index contributed by atoms with van der Waals surface area (Å²) in [4.78, 5) is 2.23. The van der Waals surface area contributed by atoms with Crippen molar-refractivity contribution in [2.45, 2.75) is 6.42 Å². The first kappa shape index (κ1) is 11.2. The smallest absolute Gasteiger partial charge is 0.145 e. The van der Waals surface area contributed by atoms with Gasteiger partial charge in [0.25, 0.3) is 0 Å². The molecule has 0 amide bonds. The van der Waals surface area contributed by atoms with Crippen molar-refractivity contribution in [1.29, 1.82) is 0 Å². The van der Waals surface area contributed by atoms with Crippen LogP contribution in [0.1, 0.15) is 6.42 Å². The number of anilines is 1. The molecule has 0 spiro atoms. The summed E-state index contributed by atoms with van der Waals surface area (Å²) >= 11 is 0. The highest BCUT2D eigenvalue weighted by atomic mass is 19.1. The van der Waals surface area contributed by atoms with E-state index in [4.69, 9.17) is 4.74 Å². The number of halogens is 1. The molecule has 1 fully saturated rings. The van der Waals surface area contributed by atoms with E-state index in [0.717, 1.165) is 38.3 Å². The Kier molecular flexibility index (Phi) is 3.62. The van der Waals surface area contributed by atoms with Crippen LogP contribution in [0.3, 0.4) is 0 Å². The summed E-state index contributed by atoms with van der Waals surface area (Å²) in [5.74, 6) is 0.357. The van der Waals surface area contributed by atoms with E-state index in [-0.39, 0.29) is 5.82 Å². The first-order valence-corrected chi connectivity index (χ1v) is 5.60. The Morgan fingerprint density at radius 3 is 3.00 bits per heavy atom. The van der Waals surface area contributed by atoms with Crippen LogP contribution >= 0.6 is 0 Å². The molecule has 0 bridgehead atoms. The summed E-state index contributed by atoms with van der Waals surface area (Å²) in [6.07, 6.45) is 1.10. The highest BCUT2D eigenvalue weighted by Crippen LogP contribution is 2.29. The molecular formula is C12H17FN2O. The predicted molar refractivity (Wildman–Crippen MR) is 62.7 cm³/mol. The van der Waals surface area contributed by atoms with Gasteiger partial charge in [0, 0.05) is 25.7 Å². The van der Waals surface area contributed by atoms with E-state index >= 15 is 0 Å². The number of hydrogen-bond donors (Lipinski definition) is 1. The second-order valence-corrected chi connectivity index (χ2v) is 3.91. The highest BCUT2D eigenvalue weighted by Gasteiger charge is 2.14. The molecule has 0 aromatic heterocycles. The Labute approximate surface area is 95.2 Å². The van der Waals surface area contributed by atoms with E-state index in [9.17, 15) is 4.39 Å². The summed E-state index contributed by atoms with van der Waals surface area (Å²) in [6.45, 7) is 3.91. The maximum absolute atomic E-state index is 13.1. The number of nitrogens with one attached hydrogen (secondary N) is 1. The van der Waals surface area contributed by atoms with E-state index in [1.807, 2.05) is 0 Å². The third-order valence-corrected chi connectivity index (χ3v) is 2.82. The van der Waals surface area contributed by atoms with Crippen molar-refractivity contribution in [3.63, 3.8) is 0 Å². The summed E-state index contributed by atoms with van der Waals surface area (Å²) in [5, 5.41) is 3.34. The summed E-state index contributed by atoms with van der Waals surface area (Å²) in [7, 11) is 1.58. The van der Waals surface area contributed by atoms with Crippen molar-refractivity contribution in [2.75, 3.05) is 38.2 Å². The van der Waals surface area contributed by atoms with Gasteiger partial charge >= 0.3 is 0 Å². The molecule has 16 heavy (non-hydrogen) atoms. The molecule has 1 aliphatic rings. The van der Waals surface area contributed by atoms with E-state index in [1.54, 1.807) is 13.2 Å². The minimum absolute atomic E-state index is 0.256. The van der Waals surface area contributed by atoms with Crippen molar-refractivity contribution in [3.05, 3.63) is 24.0 Å². The number of ether oxygens (including phenoxy) is 1. The Hall–Kier alpha value is -1.29. The SMILES string of the molecule is COc1cc(F)ccc1N1CCCNCC1. The molecule has 88 valence electrons. The normalized spacial score (nSPS) is 17.0. The second kappa shape index (κ2) is 5.16. The second-order valence-electron chi connectivity index (χ2n) is 3.91. The first-order chi connectivity index (χ1) is 7.81. The van der Waals surface area contributed by atoms with Gasteiger partial charge in [-0.2, -0.15) is 0 Å². The zero-order valence-corrected chi connectivity index (χ0v) is 9.50. The minimum Gasteiger partial charge on any atom is -0.494 e. The van der Waals surface area contributed by atoms with Crippen LogP contribution in [0.25, 0.3) is 0 Å². The van der Waals surface area contributed by atoms with Crippen LogP contribution in [0.4, 0.5) is 10.1 Å². The number of hydrogen-bond acceptors (Lipinski definition) is 3. The molecule has 1 N–H and O–H groups in total. The lowest BCUT2D eigenvalue weighted by Gasteiger charge is -2.24. The fraction of sp³-hybridized carbons (Fsp3) is 0.500. The van der Waals surface area contributed by atoms with Gasteiger partial charge in [0.15, 0.2) is 0 Å². The van der Waals surface area contributed by atoms with Gasteiger partial charge in [-0.3, -0.25) is 0 Å². The van der Waals surface area contributed by atoms with Crippen LogP contribution < -0.4 is 15.0 Å². The van der Waals surface area contributed by atoms with Crippen LogP contribution in [-0.4, -0.2) is 33.3 Å².